The standard InChI is InChI=1S/C36H33BN2OSi/c1-40-31-19-14-24-34(27-31)41(32-20-10-4-11-21-32,33-22-12-5-13-23-33)28-39-26-25-38-36(39)37-35(29-15-6-2-7-16-29)30-17-8-3-9-18-30/h2-27,35,37H,28H2,1H3. The summed E-state index contributed by atoms with van der Waals surface area (Å²) < 4.78 is 8.14. The minimum absolute atomic E-state index is 0.208. The first kappa shape index (κ1) is 26.6. The second kappa shape index (κ2) is 12.3. The number of imidazole rings is 1. The van der Waals surface area contributed by atoms with E-state index in [1.54, 1.807) is 7.11 Å². The van der Waals surface area contributed by atoms with Crippen LogP contribution in [0.1, 0.15) is 16.9 Å². The summed E-state index contributed by atoms with van der Waals surface area (Å²) in [6.45, 7) is 0. The van der Waals surface area contributed by atoms with Crippen LogP contribution < -0.4 is 26.0 Å². The number of rotatable bonds is 10. The first-order chi connectivity index (χ1) is 20.3. The topological polar surface area (TPSA) is 27.1 Å². The lowest BCUT2D eigenvalue weighted by atomic mass is 9.58. The molecule has 0 spiro atoms. The van der Waals surface area contributed by atoms with E-state index in [9.17, 15) is 0 Å². The molecular formula is C36H33BN2OSi. The van der Waals surface area contributed by atoms with Crippen molar-refractivity contribution in [3.63, 3.8) is 0 Å². The van der Waals surface area contributed by atoms with Crippen molar-refractivity contribution >= 4 is 36.6 Å². The van der Waals surface area contributed by atoms with Crippen molar-refractivity contribution in [1.82, 2.24) is 9.55 Å². The Morgan fingerprint density at radius 1 is 0.659 bits per heavy atom. The molecule has 0 radical (unpaired) electrons. The Labute approximate surface area is 244 Å². The van der Waals surface area contributed by atoms with Gasteiger partial charge in [-0.2, -0.15) is 0 Å². The summed E-state index contributed by atoms with van der Waals surface area (Å²) in [5, 5.41) is 4.04. The maximum absolute atomic E-state index is 5.73. The van der Waals surface area contributed by atoms with Crippen LogP contribution >= 0.6 is 0 Å². The van der Waals surface area contributed by atoms with E-state index < -0.39 is 8.07 Å². The van der Waals surface area contributed by atoms with E-state index in [0.717, 1.165) is 24.9 Å². The minimum atomic E-state index is -2.57. The minimum Gasteiger partial charge on any atom is -0.497 e. The average molecular weight is 549 g/mol. The molecule has 6 aromatic rings. The van der Waals surface area contributed by atoms with Crippen molar-refractivity contribution in [3.8, 4) is 5.75 Å². The van der Waals surface area contributed by atoms with Gasteiger partial charge in [-0.05, 0) is 44.6 Å². The molecule has 5 heteroatoms. The molecule has 0 unspecified atom stereocenters. The fraction of sp³-hybridized carbons (Fsp3) is 0.0833. The summed E-state index contributed by atoms with van der Waals surface area (Å²) in [6.07, 6.45) is 4.96. The Morgan fingerprint density at radius 3 is 1.71 bits per heavy atom. The summed E-state index contributed by atoms with van der Waals surface area (Å²) in [7, 11) is -0.0167. The Hall–Kier alpha value is -4.61. The van der Waals surface area contributed by atoms with Gasteiger partial charge in [0.2, 0.25) is 7.28 Å². The van der Waals surface area contributed by atoms with E-state index in [1.165, 1.54) is 26.7 Å². The van der Waals surface area contributed by atoms with E-state index in [0.29, 0.717) is 0 Å². The third-order valence-electron chi connectivity index (χ3n) is 8.10. The van der Waals surface area contributed by atoms with Crippen LogP contribution in [0.4, 0.5) is 0 Å². The molecule has 3 nitrogen and oxygen atoms in total. The van der Waals surface area contributed by atoms with Gasteiger partial charge in [0.05, 0.1) is 12.8 Å². The highest BCUT2D eigenvalue weighted by molar-refractivity contribution is 7.10. The third kappa shape index (κ3) is 5.54. The maximum atomic E-state index is 5.73. The molecule has 1 heterocycles. The smallest absolute Gasteiger partial charge is 0.217 e. The van der Waals surface area contributed by atoms with Crippen LogP contribution in [-0.2, 0) is 6.17 Å². The molecule has 0 aliphatic heterocycles. The number of aromatic nitrogens is 2. The predicted molar refractivity (Wildman–Crippen MR) is 174 cm³/mol. The highest BCUT2D eigenvalue weighted by atomic mass is 28.3. The number of methoxy groups -OCH3 is 1. The van der Waals surface area contributed by atoms with Crippen LogP contribution in [0, 0.1) is 0 Å². The van der Waals surface area contributed by atoms with Crippen molar-refractivity contribution in [2.24, 2.45) is 0 Å². The number of hydrogen-bond donors (Lipinski definition) is 0. The Bertz CT molecular complexity index is 1600. The molecule has 5 aromatic carbocycles. The molecule has 0 aliphatic carbocycles. The fourth-order valence-electron chi connectivity index (χ4n) is 6.02. The number of nitrogens with zero attached hydrogens (tertiary/aromatic N) is 2. The quantitative estimate of drug-likeness (QED) is 0.187. The summed E-state index contributed by atoms with van der Waals surface area (Å²) >= 11 is 0. The van der Waals surface area contributed by atoms with E-state index in [2.05, 4.69) is 150 Å². The first-order valence-electron chi connectivity index (χ1n) is 14.1. The molecule has 1 aromatic heterocycles. The van der Waals surface area contributed by atoms with Gasteiger partial charge >= 0.3 is 0 Å². The number of ether oxygens (including phenoxy) is 1. The van der Waals surface area contributed by atoms with Crippen LogP contribution in [0.15, 0.2) is 158 Å². The normalized spacial score (nSPS) is 11.4. The summed E-state index contributed by atoms with van der Waals surface area (Å²) in [6, 6.07) is 52.3. The van der Waals surface area contributed by atoms with Gasteiger partial charge in [-0.25, -0.2) is 0 Å². The molecule has 0 amide bonds. The fourth-order valence-corrected chi connectivity index (χ4v) is 10.7. The number of benzene rings is 5. The van der Waals surface area contributed by atoms with Gasteiger partial charge in [0.25, 0.3) is 0 Å². The monoisotopic (exact) mass is 548 g/mol. The zero-order chi connectivity index (χ0) is 27.9. The SMILES string of the molecule is COc1cccc([Si](Cn2ccnc2BC(c2ccccc2)c2ccccc2)(c2ccccc2)c2ccccc2)c1. The molecule has 0 saturated carbocycles. The van der Waals surface area contributed by atoms with Crippen LogP contribution in [0.2, 0.25) is 0 Å². The largest absolute Gasteiger partial charge is 0.497 e. The van der Waals surface area contributed by atoms with E-state index in [1.807, 2.05) is 12.3 Å². The summed E-state index contributed by atoms with van der Waals surface area (Å²) in [4.78, 5) is 4.97. The number of hydrogen-bond acceptors (Lipinski definition) is 2. The lowest BCUT2D eigenvalue weighted by Gasteiger charge is -2.35. The van der Waals surface area contributed by atoms with Crippen LogP contribution in [0.3, 0.4) is 0 Å². The molecule has 0 bridgehead atoms. The zero-order valence-corrected chi connectivity index (χ0v) is 24.3. The van der Waals surface area contributed by atoms with Gasteiger partial charge in [0.1, 0.15) is 5.75 Å². The van der Waals surface area contributed by atoms with Gasteiger partial charge in [-0.15, -0.1) is 0 Å². The highest BCUT2D eigenvalue weighted by Crippen LogP contribution is 2.23. The molecule has 200 valence electrons. The second-order valence-electron chi connectivity index (χ2n) is 10.4. The van der Waals surface area contributed by atoms with E-state index in [-0.39, 0.29) is 5.82 Å². The van der Waals surface area contributed by atoms with Crippen LogP contribution in [0.25, 0.3) is 0 Å². The molecule has 41 heavy (non-hydrogen) atoms. The van der Waals surface area contributed by atoms with Crippen molar-refractivity contribution < 1.29 is 4.74 Å². The maximum Gasteiger partial charge on any atom is 0.217 e. The lowest BCUT2D eigenvalue weighted by molar-refractivity contribution is 0.415. The summed E-state index contributed by atoms with van der Waals surface area (Å²) in [5.74, 6) is 1.09. The van der Waals surface area contributed by atoms with Gasteiger partial charge in [0, 0.05) is 18.6 Å². The van der Waals surface area contributed by atoms with Crippen LogP contribution in [0.5, 0.6) is 5.75 Å². The molecule has 6 rings (SSSR count). The van der Waals surface area contributed by atoms with Gasteiger partial charge < -0.3 is 9.30 Å². The molecule has 0 fully saturated rings. The zero-order valence-electron chi connectivity index (χ0n) is 23.3. The molecule has 0 saturated heterocycles. The third-order valence-corrected chi connectivity index (χ3v) is 12.8. The highest BCUT2D eigenvalue weighted by Gasteiger charge is 2.40. The molecular weight excluding hydrogens is 515 g/mol. The van der Waals surface area contributed by atoms with Gasteiger partial charge in [-0.1, -0.05) is 133 Å². The first-order valence-corrected chi connectivity index (χ1v) is 16.3. The van der Waals surface area contributed by atoms with E-state index in [4.69, 9.17) is 9.72 Å². The Balaban J connectivity index is 1.49. The van der Waals surface area contributed by atoms with E-state index >= 15 is 0 Å². The van der Waals surface area contributed by atoms with Gasteiger partial charge in [0.15, 0.2) is 8.07 Å². The Kier molecular flexibility index (Phi) is 7.97. The van der Waals surface area contributed by atoms with Crippen molar-refractivity contribution in [1.29, 1.82) is 0 Å². The molecule has 0 atom stereocenters. The average Bonchev–Trinajstić information content (AvgIpc) is 3.50. The Morgan fingerprint density at radius 2 is 1.17 bits per heavy atom. The van der Waals surface area contributed by atoms with Crippen molar-refractivity contribution in [2.75, 3.05) is 7.11 Å². The molecule has 0 aliphatic rings. The lowest BCUT2D eigenvalue weighted by Crippen LogP contribution is -2.70. The van der Waals surface area contributed by atoms with Gasteiger partial charge in [-0.3, -0.25) is 4.98 Å². The van der Waals surface area contributed by atoms with Crippen molar-refractivity contribution in [3.05, 3.63) is 169 Å². The predicted octanol–water partition coefficient (Wildman–Crippen LogP) is 4.45. The second-order valence-corrected chi connectivity index (χ2v) is 14.3. The van der Waals surface area contributed by atoms with Crippen molar-refractivity contribution in [2.45, 2.75) is 12.0 Å². The summed E-state index contributed by atoms with van der Waals surface area (Å²) in [5.41, 5.74) is 3.70. The molecule has 0 N–H and O–H groups in total. The van der Waals surface area contributed by atoms with Crippen LogP contribution in [-0.4, -0.2) is 32.0 Å².